The lowest BCUT2D eigenvalue weighted by molar-refractivity contribution is 0.916. The maximum Gasteiger partial charge on any atom is 0.0746 e. The van der Waals surface area contributed by atoms with Crippen LogP contribution in [0.2, 0.25) is 0 Å². The van der Waals surface area contributed by atoms with Gasteiger partial charge in [0.05, 0.1) is 66.9 Å². The fraction of sp³-hybridized carbons (Fsp3) is 0.231. The molecule has 1 aliphatic rings. The van der Waals surface area contributed by atoms with E-state index < -0.39 is 0 Å². The van der Waals surface area contributed by atoms with Crippen molar-refractivity contribution in [3.8, 4) is 0 Å². The Hall–Kier alpha value is -6.80. The van der Waals surface area contributed by atoms with E-state index in [-0.39, 0.29) is 0 Å². The van der Waals surface area contributed by atoms with Crippen LogP contribution in [0.15, 0.2) is 122 Å². The first-order valence-corrected chi connectivity index (χ1v) is 21.6. The van der Waals surface area contributed by atoms with Crippen molar-refractivity contribution in [3.63, 3.8) is 0 Å². The summed E-state index contributed by atoms with van der Waals surface area (Å²) in [6, 6.07) is 34.8. The monoisotopic (exact) mass is 788 g/mol. The van der Waals surface area contributed by atoms with Crippen molar-refractivity contribution in [2.75, 3.05) is 0 Å². The van der Waals surface area contributed by atoms with Crippen molar-refractivity contribution in [1.82, 2.24) is 39.9 Å². The van der Waals surface area contributed by atoms with E-state index in [0.717, 1.165) is 141 Å². The van der Waals surface area contributed by atoms with Crippen molar-refractivity contribution in [2.45, 2.75) is 79.1 Å². The van der Waals surface area contributed by atoms with Crippen molar-refractivity contribution < 1.29 is 0 Å². The molecule has 300 valence electrons. The second-order valence-electron chi connectivity index (χ2n) is 15.8. The Kier molecular flexibility index (Phi) is 11.1. The van der Waals surface area contributed by atoms with Crippen LogP contribution in [0.5, 0.6) is 0 Å². The Morgan fingerprint density at radius 2 is 0.567 bits per heavy atom. The third-order valence-electron chi connectivity index (χ3n) is 11.4. The van der Waals surface area contributed by atoms with Gasteiger partial charge in [0.1, 0.15) is 0 Å². The molecule has 0 amide bonds. The van der Waals surface area contributed by atoms with E-state index in [1.165, 1.54) is 22.3 Å². The number of H-pyrrole nitrogens is 4. The van der Waals surface area contributed by atoms with E-state index in [4.69, 9.17) is 19.9 Å². The highest BCUT2D eigenvalue weighted by molar-refractivity contribution is 5.83. The van der Waals surface area contributed by atoms with E-state index in [1.807, 2.05) is 24.8 Å². The minimum Gasteiger partial charge on any atom is -0.354 e. The molecule has 8 bridgehead atoms. The van der Waals surface area contributed by atoms with Crippen LogP contribution >= 0.6 is 0 Å². The molecule has 0 radical (unpaired) electrons. The van der Waals surface area contributed by atoms with Gasteiger partial charge in [-0.3, -0.25) is 19.9 Å². The quantitative estimate of drug-likeness (QED) is 0.102. The number of pyridine rings is 4. The van der Waals surface area contributed by atoms with Crippen molar-refractivity contribution in [3.05, 3.63) is 211 Å². The highest BCUT2D eigenvalue weighted by Gasteiger charge is 2.20. The first-order chi connectivity index (χ1) is 29.5. The molecular weight excluding hydrogens is 737 g/mol. The van der Waals surface area contributed by atoms with Crippen LogP contribution < -0.4 is 21.4 Å². The normalized spacial score (nSPS) is 12.7. The molecule has 0 saturated heterocycles. The van der Waals surface area contributed by atoms with Crippen LogP contribution in [-0.2, 0) is 25.7 Å². The van der Waals surface area contributed by atoms with Gasteiger partial charge in [-0.25, -0.2) is 0 Å². The second-order valence-corrected chi connectivity index (χ2v) is 15.8. The zero-order valence-corrected chi connectivity index (χ0v) is 35.0. The number of nitrogens with one attached hydrogen (secondary N) is 4. The molecule has 4 N–H and O–H groups in total. The Labute approximate surface area is 351 Å². The van der Waals surface area contributed by atoms with E-state index in [1.54, 1.807) is 0 Å². The molecule has 8 nitrogen and oxygen atoms in total. The number of rotatable bonds is 12. The molecule has 0 spiro atoms. The summed E-state index contributed by atoms with van der Waals surface area (Å²) in [7, 11) is 0. The minimum atomic E-state index is 0.902. The van der Waals surface area contributed by atoms with Crippen molar-refractivity contribution in [2.24, 2.45) is 0 Å². The molecule has 0 unspecified atom stereocenters. The number of aromatic nitrogens is 8. The summed E-state index contributed by atoms with van der Waals surface area (Å²) in [4.78, 5) is 35.5. The number of hydrogen-bond acceptors (Lipinski definition) is 4. The Morgan fingerprint density at radius 1 is 0.317 bits per heavy atom. The summed E-state index contributed by atoms with van der Waals surface area (Å²) in [5.41, 5.74) is 16.4. The molecule has 8 heteroatoms. The number of nitrogens with zero attached hydrogens (tertiary/aromatic N) is 4. The molecule has 0 fully saturated rings. The Morgan fingerprint density at radius 3 is 0.800 bits per heavy atom. The SMILES string of the molecule is CCCc1ccnc(C2=c3ccc([nH]3)=C(c3cc(CCC)ccn3)c3ccc([nH]3)C(c3cc(CCC)ccn3)=c3ccc([nH]3)=C(c3cc(CCC)ccn3)c3ccc2[nH]3)c1. The van der Waals surface area contributed by atoms with Gasteiger partial charge in [0.15, 0.2) is 0 Å². The van der Waals surface area contributed by atoms with Crippen LogP contribution in [-0.4, -0.2) is 39.9 Å². The fourth-order valence-corrected chi connectivity index (χ4v) is 8.65. The molecule has 8 aromatic rings. The van der Waals surface area contributed by atoms with E-state index in [0.29, 0.717) is 0 Å². The summed E-state index contributed by atoms with van der Waals surface area (Å²) in [6.45, 7) is 8.87. The van der Waals surface area contributed by atoms with Crippen LogP contribution in [0.1, 0.15) is 121 Å². The van der Waals surface area contributed by atoms with Crippen molar-refractivity contribution >= 4 is 22.3 Å². The molecule has 0 saturated carbocycles. The predicted octanol–water partition coefficient (Wildman–Crippen LogP) is 7.69. The molecular formula is C52H52N8. The van der Waals surface area contributed by atoms with Gasteiger partial charge in [-0.2, -0.15) is 0 Å². The first-order valence-electron chi connectivity index (χ1n) is 21.6. The number of aromatic amines is 4. The molecule has 9 rings (SSSR count). The Balaban J connectivity index is 1.41. The summed E-state index contributed by atoms with van der Waals surface area (Å²) in [5.74, 6) is 0. The van der Waals surface area contributed by atoms with Crippen molar-refractivity contribution in [1.29, 1.82) is 0 Å². The maximum atomic E-state index is 5.00. The van der Waals surface area contributed by atoms with Crippen LogP contribution in [0.3, 0.4) is 0 Å². The molecule has 1 aliphatic heterocycles. The van der Waals surface area contributed by atoms with E-state index in [9.17, 15) is 0 Å². The van der Waals surface area contributed by atoms with Gasteiger partial charge in [-0.15, -0.1) is 0 Å². The highest BCUT2D eigenvalue weighted by atomic mass is 14.8. The zero-order chi connectivity index (χ0) is 41.0. The largest absolute Gasteiger partial charge is 0.354 e. The van der Waals surface area contributed by atoms with E-state index in [2.05, 4.69) is 145 Å². The fourth-order valence-electron chi connectivity index (χ4n) is 8.65. The lowest BCUT2D eigenvalue weighted by Crippen LogP contribution is -2.20. The molecule has 9 heterocycles. The van der Waals surface area contributed by atoms with Gasteiger partial charge in [-0.1, -0.05) is 53.4 Å². The molecule has 8 aromatic heterocycles. The lowest BCUT2D eigenvalue weighted by Gasteiger charge is -2.10. The summed E-state index contributed by atoms with van der Waals surface area (Å²) >= 11 is 0. The van der Waals surface area contributed by atoms with Gasteiger partial charge in [0.25, 0.3) is 0 Å². The van der Waals surface area contributed by atoms with E-state index >= 15 is 0 Å². The van der Waals surface area contributed by atoms with Gasteiger partial charge in [0.2, 0.25) is 0 Å². The second kappa shape index (κ2) is 17.2. The average molecular weight is 789 g/mol. The van der Waals surface area contributed by atoms with Gasteiger partial charge in [0, 0.05) is 47.1 Å². The summed E-state index contributed by atoms with van der Waals surface area (Å²) in [5, 5.41) is 3.82. The lowest BCUT2D eigenvalue weighted by atomic mass is 10.0. The van der Waals surface area contributed by atoms with Gasteiger partial charge in [-0.05, 0) is 145 Å². The Bertz CT molecular complexity index is 2660. The third-order valence-corrected chi connectivity index (χ3v) is 11.4. The molecule has 0 aliphatic carbocycles. The molecule has 0 atom stereocenters. The predicted molar refractivity (Wildman–Crippen MR) is 241 cm³/mol. The highest BCUT2D eigenvalue weighted by Crippen LogP contribution is 2.28. The summed E-state index contributed by atoms with van der Waals surface area (Å²) in [6.07, 6.45) is 15.9. The van der Waals surface area contributed by atoms with Crippen LogP contribution in [0.4, 0.5) is 0 Å². The average Bonchev–Trinajstić information content (AvgIpc) is 4.10. The topological polar surface area (TPSA) is 115 Å². The number of hydrogen-bond donors (Lipinski definition) is 4. The van der Waals surface area contributed by atoms with Crippen LogP contribution in [0.25, 0.3) is 22.3 Å². The third kappa shape index (κ3) is 7.73. The molecule has 60 heavy (non-hydrogen) atoms. The standard InChI is InChI=1S/C52H52N8/c1-5-9-33-21-25-53-45(29-33)49-37-13-15-39(57-37)50(46-30-34(10-6-2)22-26-54-46)41-17-19-43(59-41)52(48-32-36(12-8-4)24-28-56-48)44-20-18-42(60-44)51(40-16-14-38(49)58-40)47-31-35(11-7-3)23-27-55-47/h13-32,57-60H,5-12H2,1-4H3. The summed E-state index contributed by atoms with van der Waals surface area (Å²) < 4.78 is 0. The van der Waals surface area contributed by atoms with Crippen LogP contribution in [0, 0.1) is 0 Å². The maximum absolute atomic E-state index is 5.00. The minimum absolute atomic E-state index is 0.902. The number of aryl methyl sites for hydroxylation is 4. The molecule has 0 aromatic carbocycles. The van der Waals surface area contributed by atoms with Gasteiger partial charge >= 0.3 is 0 Å². The smallest absolute Gasteiger partial charge is 0.0746 e. The first kappa shape index (κ1) is 38.7. The van der Waals surface area contributed by atoms with Gasteiger partial charge < -0.3 is 19.9 Å². The zero-order valence-electron chi connectivity index (χ0n) is 35.0. The number of fused-ring (bicyclic) bond motifs is 8.